The van der Waals surface area contributed by atoms with Gasteiger partial charge in [-0.2, -0.15) is 5.26 Å². The van der Waals surface area contributed by atoms with Crippen LogP contribution in [-0.4, -0.2) is 9.97 Å². The van der Waals surface area contributed by atoms with Crippen molar-refractivity contribution in [3.05, 3.63) is 127 Å². The van der Waals surface area contributed by atoms with Gasteiger partial charge in [0.2, 0.25) is 5.69 Å². The lowest BCUT2D eigenvalue weighted by Crippen LogP contribution is -1.90. The molecule has 0 spiro atoms. The number of pyridine rings is 2. The van der Waals surface area contributed by atoms with Crippen molar-refractivity contribution in [1.82, 2.24) is 9.97 Å². The van der Waals surface area contributed by atoms with Crippen molar-refractivity contribution in [2.45, 2.75) is 0 Å². The SMILES string of the molecule is [C-]#[N+]c1cncc(-c2ccc(-c3ccc(-c4cncc(C#N)c4)c4ccccc34)c3ccccc23)c1. The van der Waals surface area contributed by atoms with Gasteiger partial charge < -0.3 is 0 Å². The van der Waals surface area contributed by atoms with Crippen LogP contribution in [0.15, 0.2) is 110 Å². The lowest BCUT2D eigenvalue weighted by molar-refractivity contribution is 1.30. The van der Waals surface area contributed by atoms with Gasteiger partial charge in [0, 0.05) is 30.4 Å². The highest BCUT2D eigenvalue weighted by Crippen LogP contribution is 2.41. The fraction of sp³-hybridized carbons (Fsp3) is 0. The van der Waals surface area contributed by atoms with Crippen LogP contribution >= 0.6 is 0 Å². The molecule has 166 valence electrons. The van der Waals surface area contributed by atoms with Gasteiger partial charge in [-0.3, -0.25) is 9.97 Å². The molecule has 0 saturated carbocycles. The molecule has 0 radical (unpaired) electrons. The van der Waals surface area contributed by atoms with Gasteiger partial charge in [-0.05, 0) is 61.5 Å². The molecule has 2 aromatic heterocycles. The first-order chi connectivity index (χ1) is 17.8. The van der Waals surface area contributed by atoms with Gasteiger partial charge in [0.15, 0.2) is 0 Å². The molecule has 2 heterocycles. The number of nitriles is 1. The summed E-state index contributed by atoms with van der Waals surface area (Å²) < 4.78 is 0. The zero-order chi connectivity index (χ0) is 24.5. The smallest absolute Gasteiger partial charge is 0.205 e. The maximum atomic E-state index is 9.34. The number of fused-ring (bicyclic) bond motifs is 2. The fourth-order valence-electron chi connectivity index (χ4n) is 4.86. The molecule has 0 aliphatic heterocycles. The van der Waals surface area contributed by atoms with E-state index in [0.29, 0.717) is 11.3 Å². The number of rotatable bonds is 3. The highest BCUT2D eigenvalue weighted by atomic mass is 14.7. The van der Waals surface area contributed by atoms with Crippen LogP contribution in [0.3, 0.4) is 0 Å². The largest absolute Gasteiger partial charge is 0.276 e. The van der Waals surface area contributed by atoms with Gasteiger partial charge in [0.05, 0.1) is 12.1 Å². The third-order valence-corrected chi connectivity index (χ3v) is 6.48. The first kappa shape index (κ1) is 21.2. The Morgan fingerprint density at radius 3 is 1.58 bits per heavy atom. The van der Waals surface area contributed by atoms with E-state index in [9.17, 15) is 5.26 Å². The lowest BCUT2D eigenvalue weighted by Gasteiger charge is -2.16. The predicted molar refractivity (Wildman–Crippen MR) is 144 cm³/mol. The molecule has 0 amide bonds. The van der Waals surface area contributed by atoms with E-state index < -0.39 is 0 Å². The van der Waals surface area contributed by atoms with E-state index in [2.05, 4.69) is 81.5 Å². The first-order valence-corrected chi connectivity index (χ1v) is 11.5. The van der Waals surface area contributed by atoms with E-state index in [0.717, 1.165) is 54.9 Å². The van der Waals surface area contributed by atoms with Crippen LogP contribution < -0.4 is 0 Å². The Morgan fingerprint density at radius 2 is 1.06 bits per heavy atom. The van der Waals surface area contributed by atoms with Crippen molar-refractivity contribution in [2.75, 3.05) is 0 Å². The summed E-state index contributed by atoms with van der Waals surface area (Å²) in [5, 5.41) is 13.8. The van der Waals surface area contributed by atoms with Gasteiger partial charge in [0.25, 0.3) is 0 Å². The zero-order valence-corrected chi connectivity index (χ0v) is 19.2. The molecular weight excluding hydrogens is 440 g/mol. The van der Waals surface area contributed by atoms with Crippen molar-refractivity contribution in [3.63, 3.8) is 0 Å². The monoisotopic (exact) mass is 458 g/mol. The Morgan fingerprint density at radius 1 is 0.583 bits per heavy atom. The van der Waals surface area contributed by atoms with Gasteiger partial charge in [-0.15, -0.1) is 0 Å². The molecule has 0 fully saturated rings. The fourth-order valence-corrected chi connectivity index (χ4v) is 4.86. The first-order valence-electron chi connectivity index (χ1n) is 11.5. The van der Waals surface area contributed by atoms with Crippen LogP contribution in [0, 0.1) is 17.9 Å². The summed E-state index contributed by atoms with van der Waals surface area (Å²) >= 11 is 0. The minimum atomic E-state index is 0.525. The second kappa shape index (κ2) is 8.80. The molecule has 4 nitrogen and oxygen atoms in total. The number of nitrogens with zero attached hydrogens (tertiary/aromatic N) is 4. The number of hydrogen-bond donors (Lipinski definition) is 0. The average molecular weight is 459 g/mol. The summed E-state index contributed by atoms with van der Waals surface area (Å²) in [5.74, 6) is 0. The van der Waals surface area contributed by atoms with E-state index >= 15 is 0 Å². The molecule has 4 heteroatoms. The summed E-state index contributed by atoms with van der Waals surface area (Å²) in [4.78, 5) is 12.1. The number of aromatic nitrogens is 2. The minimum absolute atomic E-state index is 0.525. The summed E-state index contributed by atoms with van der Waals surface area (Å²) in [5.41, 5.74) is 7.27. The topological polar surface area (TPSA) is 53.9 Å². The second-order valence-electron chi connectivity index (χ2n) is 8.53. The zero-order valence-electron chi connectivity index (χ0n) is 19.2. The van der Waals surface area contributed by atoms with Crippen LogP contribution in [0.5, 0.6) is 0 Å². The molecule has 0 aliphatic carbocycles. The van der Waals surface area contributed by atoms with Crippen molar-refractivity contribution in [2.24, 2.45) is 0 Å². The van der Waals surface area contributed by atoms with E-state index in [1.165, 1.54) is 0 Å². The molecule has 0 atom stereocenters. The van der Waals surface area contributed by atoms with Crippen molar-refractivity contribution in [1.29, 1.82) is 5.26 Å². The summed E-state index contributed by atoms with van der Waals surface area (Å²) in [6, 6.07) is 31.2. The minimum Gasteiger partial charge on any atom is -0.276 e. The summed E-state index contributed by atoms with van der Waals surface area (Å²) in [6.07, 6.45) is 6.78. The highest BCUT2D eigenvalue weighted by molar-refractivity contribution is 6.12. The Hall–Kier alpha value is -5.32. The van der Waals surface area contributed by atoms with E-state index in [1.807, 2.05) is 30.5 Å². The maximum Gasteiger partial charge on any atom is 0.205 e. The lowest BCUT2D eigenvalue weighted by atomic mass is 9.88. The molecule has 0 aliphatic rings. The standard InChI is InChI=1S/C32H18N4/c1-34-24-15-23(19-36-20-24)26-11-13-32(30-9-5-3-7-28(26)30)31-12-10-25(27-6-2-4-8-29(27)31)22-14-21(16-33)17-35-18-22/h2-15,17-20H. The van der Waals surface area contributed by atoms with E-state index in [1.54, 1.807) is 18.6 Å². The second-order valence-corrected chi connectivity index (χ2v) is 8.53. The molecule has 4 aromatic carbocycles. The average Bonchev–Trinajstić information content (AvgIpc) is 2.96. The van der Waals surface area contributed by atoms with E-state index in [-0.39, 0.29) is 0 Å². The van der Waals surface area contributed by atoms with Crippen LogP contribution in [0.25, 0.3) is 59.8 Å². The molecular formula is C32H18N4. The van der Waals surface area contributed by atoms with Gasteiger partial charge in [0.1, 0.15) is 6.07 Å². The van der Waals surface area contributed by atoms with Crippen LogP contribution in [0.2, 0.25) is 0 Å². The molecule has 0 N–H and O–H groups in total. The maximum absolute atomic E-state index is 9.34. The summed E-state index contributed by atoms with van der Waals surface area (Å²) in [7, 11) is 0. The normalized spacial score (nSPS) is 10.7. The van der Waals surface area contributed by atoms with Gasteiger partial charge >= 0.3 is 0 Å². The number of hydrogen-bond acceptors (Lipinski definition) is 3. The molecule has 0 saturated heterocycles. The third kappa shape index (κ3) is 3.55. The van der Waals surface area contributed by atoms with E-state index in [4.69, 9.17) is 6.57 Å². The quantitative estimate of drug-likeness (QED) is 0.251. The molecule has 6 aromatic rings. The summed E-state index contributed by atoms with van der Waals surface area (Å²) in [6.45, 7) is 7.36. The van der Waals surface area contributed by atoms with Gasteiger partial charge in [-0.25, -0.2) is 4.85 Å². The Labute approximate surface area is 208 Å². The van der Waals surface area contributed by atoms with Crippen LogP contribution in [0.1, 0.15) is 5.56 Å². The van der Waals surface area contributed by atoms with Crippen molar-refractivity contribution in [3.8, 4) is 39.4 Å². The molecule has 6 rings (SSSR count). The predicted octanol–water partition coefficient (Wildman–Crippen LogP) is 8.21. The Bertz CT molecular complexity index is 1730. The van der Waals surface area contributed by atoms with Crippen molar-refractivity contribution >= 4 is 27.2 Å². The third-order valence-electron chi connectivity index (χ3n) is 6.48. The highest BCUT2D eigenvalue weighted by Gasteiger charge is 2.14. The van der Waals surface area contributed by atoms with Crippen LogP contribution in [0.4, 0.5) is 5.69 Å². The molecule has 36 heavy (non-hydrogen) atoms. The molecule has 0 bridgehead atoms. The Kier molecular flexibility index (Phi) is 5.19. The number of benzene rings is 4. The Balaban J connectivity index is 1.59. The van der Waals surface area contributed by atoms with Crippen LogP contribution in [-0.2, 0) is 0 Å². The molecule has 0 unspecified atom stereocenters. The van der Waals surface area contributed by atoms with Crippen molar-refractivity contribution < 1.29 is 0 Å². The van der Waals surface area contributed by atoms with Gasteiger partial charge in [-0.1, -0.05) is 72.8 Å².